The minimum atomic E-state index is -3.80. The second-order valence-corrected chi connectivity index (χ2v) is 8.73. The number of amides is 1. The zero-order valence-corrected chi connectivity index (χ0v) is 17.4. The maximum atomic E-state index is 13.2. The number of benzene rings is 1. The molecule has 0 bridgehead atoms. The molecular weight excluding hydrogens is 396 g/mol. The highest BCUT2D eigenvalue weighted by Crippen LogP contribution is 2.29. The van der Waals surface area contributed by atoms with E-state index in [4.69, 9.17) is 13.9 Å². The number of sulfonamides is 1. The van der Waals surface area contributed by atoms with Crippen LogP contribution in [0.2, 0.25) is 0 Å². The first-order chi connectivity index (χ1) is 13.9. The zero-order chi connectivity index (χ0) is 20.9. The first kappa shape index (κ1) is 21.4. The fourth-order valence-corrected chi connectivity index (χ4v) is 5.05. The number of furan rings is 1. The average Bonchev–Trinajstić information content (AvgIpc) is 3.39. The van der Waals surface area contributed by atoms with Crippen LogP contribution in [0.5, 0.6) is 5.75 Å². The van der Waals surface area contributed by atoms with Gasteiger partial charge in [0.1, 0.15) is 24.2 Å². The van der Waals surface area contributed by atoms with Gasteiger partial charge in [0.15, 0.2) is 0 Å². The van der Waals surface area contributed by atoms with Crippen LogP contribution in [0.4, 0.5) is 0 Å². The monoisotopic (exact) mass is 422 g/mol. The van der Waals surface area contributed by atoms with Gasteiger partial charge >= 0.3 is 0 Å². The summed E-state index contributed by atoms with van der Waals surface area (Å²) in [5.74, 6) is 0.902. The van der Waals surface area contributed by atoms with Crippen molar-refractivity contribution in [2.24, 2.45) is 0 Å². The number of hydrogen-bond donors (Lipinski definition) is 1. The van der Waals surface area contributed by atoms with Crippen molar-refractivity contribution in [3.63, 3.8) is 0 Å². The maximum Gasteiger partial charge on any atom is 0.243 e. The minimum absolute atomic E-state index is 0.153. The molecule has 1 saturated heterocycles. The number of methoxy groups -OCH3 is 1. The van der Waals surface area contributed by atoms with Gasteiger partial charge in [0, 0.05) is 13.7 Å². The second kappa shape index (κ2) is 9.43. The summed E-state index contributed by atoms with van der Waals surface area (Å²) < 4.78 is 43.4. The van der Waals surface area contributed by atoms with Gasteiger partial charge in [-0.15, -0.1) is 0 Å². The van der Waals surface area contributed by atoms with Crippen molar-refractivity contribution in [3.05, 3.63) is 47.9 Å². The molecule has 1 N–H and O–H groups in total. The number of rotatable bonds is 9. The summed E-state index contributed by atoms with van der Waals surface area (Å²) in [6.45, 7) is 3.16. The normalized spacial score (nSPS) is 17.4. The lowest BCUT2D eigenvalue weighted by Crippen LogP contribution is -2.45. The molecule has 0 aliphatic carbocycles. The highest BCUT2D eigenvalue weighted by atomic mass is 32.2. The van der Waals surface area contributed by atoms with Gasteiger partial charge in [-0.1, -0.05) is 0 Å². The number of nitrogens with zero attached hydrogens (tertiary/aromatic N) is 1. The van der Waals surface area contributed by atoms with Crippen LogP contribution in [0.25, 0.3) is 0 Å². The Kier molecular flexibility index (Phi) is 6.94. The van der Waals surface area contributed by atoms with E-state index in [0.717, 1.165) is 0 Å². The largest absolute Gasteiger partial charge is 0.491 e. The van der Waals surface area contributed by atoms with E-state index in [1.54, 1.807) is 38.3 Å². The molecule has 0 spiro atoms. The van der Waals surface area contributed by atoms with Gasteiger partial charge in [-0.3, -0.25) is 4.79 Å². The Morgan fingerprint density at radius 1 is 1.31 bits per heavy atom. The molecule has 1 aliphatic heterocycles. The Hall–Kier alpha value is -2.36. The van der Waals surface area contributed by atoms with E-state index in [1.807, 2.05) is 0 Å². The molecule has 1 fully saturated rings. The van der Waals surface area contributed by atoms with Crippen molar-refractivity contribution in [1.29, 1.82) is 0 Å². The third kappa shape index (κ3) is 4.98. The van der Waals surface area contributed by atoms with Gasteiger partial charge < -0.3 is 19.2 Å². The Morgan fingerprint density at radius 2 is 2.14 bits per heavy atom. The van der Waals surface area contributed by atoms with E-state index in [9.17, 15) is 13.2 Å². The molecular formula is C20H26N2O6S. The summed E-state index contributed by atoms with van der Waals surface area (Å²) in [5, 5.41) is 2.76. The summed E-state index contributed by atoms with van der Waals surface area (Å²) in [5.41, 5.74) is 0.709. The minimum Gasteiger partial charge on any atom is -0.491 e. The van der Waals surface area contributed by atoms with E-state index in [0.29, 0.717) is 49.7 Å². The molecule has 1 unspecified atom stereocenters. The Labute approximate surface area is 170 Å². The van der Waals surface area contributed by atoms with Gasteiger partial charge in [0.05, 0.1) is 24.3 Å². The Balaban J connectivity index is 1.71. The molecule has 2 heterocycles. The smallest absolute Gasteiger partial charge is 0.243 e. The quantitative estimate of drug-likeness (QED) is 0.622. The topological polar surface area (TPSA) is 98.1 Å². The van der Waals surface area contributed by atoms with E-state index >= 15 is 0 Å². The predicted octanol–water partition coefficient (Wildman–Crippen LogP) is 2.08. The van der Waals surface area contributed by atoms with E-state index in [1.165, 1.54) is 16.6 Å². The van der Waals surface area contributed by atoms with Crippen LogP contribution < -0.4 is 10.1 Å². The molecule has 1 aliphatic rings. The predicted molar refractivity (Wildman–Crippen MR) is 106 cm³/mol. The van der Waals surface area contributed by atoms with Crippen LogP contribution in [0.3, 0.4) is 0 Å². The van der Waals surface area contributed by atoms with Crippen molar-refractivity contribution in [2.75, 3.05) is 26.9 Å². The summed E-state index contributed by atoms with van der Waals surface area (Å²) in [6.07, 6.45) is 2.65. The van der Waals surface area contributed by atoms with Crippen LogP contribution >= 0.6 is 0 Å². The van der Waals surface area contributed by atoms with E-state index < -0.39 is 16.1 Å². The van der Waals surface area contributed by atoms with E-state index in [-0.39, 0.29) is 17.3 Å². The molecule has 0 radical (unpaired) electrons. The van der Waals surface area contributed by atoms with Crippen LogP contribution in [-0.4, -0.2) is 51.5 Å². The summed E-state index contributed by atoms with van der Waals surface area (Å²) in [7, 11) is -2.21. The number of nitrogens with one attached hydrogen (secondary N) is 1. The maximum absolute atomic E-state index is 13.2. The Morgan fingerprint density at radius 3 is 2.83 bits per heavy atom. The van der Waals surface area contributed by atoms with Gasteiger partial charge in [0.25, 0.3) is 0 Å². The zero-order valence-electron chi connectivity index (χ0n) is 16.6. The number of carbonyl (C=O) groups excluding carboxylic acids is 1. The summed E-state index contributed by atoms with van der Waals surface area (Å²) in [6, 6.07) is 7.49. The number of ether oxygens (including phenoxy) is 2. The molecule has 158 valence electrons. The lowest BCUT2D eigenvalue weighted by molar-refractivity contribution is -0.124. The first-order valence-corrected chi connectivity index (χ1v) is 10.9. The van der Waals surface area contributed by atoms with Crippen LogP contribution in [0, 0.1) is 6.92 Å². The third-order valence-electron chi connectivity index (χ3n) is 4.82. The van der Waals surface area contributed by atoms with Gasteiger partial charge in [-0.25, -0.2) is 8.42 Å². The summed E-state index contributed by atoms with van der Waals surface area (Å²) in [4.78, 5) is 12.8. The fourth-order valence-electron chi connectivity index (χ4n) is 3.31. The highest BCUT2D eigenvalue weighted by molar-refractivity contribution is 7.89. The lowest BCUT2D eigenvalue weighted by atomic mass is 10.2. The van der Waals surface area contributed by atoms with E-state index in [2.05, 4.69) is 5.32 Å². The SMILES string of the molecule is COCCOc1ccc(S(=O)(=O)N2CCCC2C(=O)NCc2ccco2)cc1C. The number of carbonyl (C=O) groups is 1. The molecule has 9 heteroatoms. The van der Waals surface area contributed by atoms with Crippen molar-refractivity contribution in [3.8, 4) is 5.75 Å². The standard InChI is InChI=1S/C20H26N2O6S/c1-15-13-17(7-8-19(15)28-12-11-26-2)29(24,25)22-9-3-6-18(22)20(23)21-14-16-5-4-10-27-16/h4-5,7-8,10,13,18H,3,6,9,11-12,14H2,1-2H3,(H,21,23). The van der Waals surface area contributed by atoms with Crippen molar-refractivity contribution in [1.82, 2.24) is 9.62 Å². The molecule has 8 nitrogen and oxygen atoms in total. The third-order valence-corrected chi connectivity index (χ3v) is 6.73. The van der Waals surface area contributed by atoms with Gasteiger partial charge in [0.2, 0.25) is 15.9 Å². The molecule has 0 saturated carbocycles. The fraction of sp³-hybridized carbons (Fsp3) is 0.450. The Bertz CT molecular complexity index is 926. The van der Waals surface area contributed by atoms with Gasteiger partial charge in [-0.2, -0.15) is 4.31 Å². The van der Waals surface area contributed by atoms with Crippen molar-refractivity contribution >= 4 is 15.9 Å². The van der Waals surface area contributed by atoms with Crippen LogP contribution in [0.1, 0.15) is 24.2 Å². The summed E-state index contributed by atoms with van der Waals surface area (Å²) >= 11 is 0. The number of aryl methyl sites for hydroxylation is 1. The number of hydrogen-bond acceptors (Lipinski definition) is 6. The molecule has 1 aromatic heterocycles. The van der Waals surface area contributed by atoms with Crippen LogP contribution in [0.15, 0.2) is 45.9 Å². The molecule has 1 atom stereocenters. The second-order valence-electron chi connectivity index (χ2n) is 6.84. The molecule has 1 amide bonds. The first-order valence-electron chi connectivity index (χ1n) is 9.48. The molecule has 1 aromatic carbocycles. The van der Waals surface area contributed by atoms with Crippen molar-refractivity contribution in [2.45, 2.75) is 37.2 Å². The highest BCUT2D eigenvalue weighted by Gasteiger charge is 2.39. The molecule has 2 aromatic rings. The molecule has 29 heavy (non-hydrogen) atoms. The molecule has 3 rings (SSSR count). The van der Waals surface area contributed by atoms with Gasteiger partial charge in [-0.05, 0) is 55.7 Å². The average molecular weight is 423 g/mol. The lowest BCUT2D eigenvalue weighted by Gasteiger charge is -2.23. The van der Waals surface area contributed by atoms with Crippen molar-refractivity contribution < 1.29 is 27.1 Å². The van der Waals surface area contributed by atoms with Crippen LogP contribution in [-0.2, 0) is 26.1 Å².